The Labute approximate surface area is 123 Å². The van der Waals surface area contributed by atoms with E-state index in [1.807, 2.05) is 0 Å². The molecule has 3 atom stereocenters. The van der Waals surface area contributed by atoms with E-state index in [-0.39, 0.29) is 12.0 Å². The summed E-state index contributed by atoms with van der Waals surface area (Å²) in [4.78, 5) is 16.5. The third kappa shape index (κ3) is 3.95. The summed E-state index contributed by atoms with van der Waals surface area (Å²) in [6, 6.07) is 0.262. The Morgan fingerprint density at radius 3 is 2.40 bits per heavy atom. The van der Waals surface area contributed by atoms with Gasteiger partial charge in [0.25, 0.3) is 0 Å². The van der Waals surface area contributed by atoms with Gasteiger partial charge in [-0.2, -0.15) is 0 Å². The van der Waals surface area contributed by atoms with Crippen LogP contribution in [0.2, 0.25) is 0 Å². The minimum absolute atomic E-state index is 0.150. The van der Waals surface area contributed by atoms with Crippen molar-refractivity contribution in [1.82, 2.24) is 9.80 Å². The molecule has 3 unspecified atom stereocenters. The second-order valence-corrected chi connectivity index (χ2v) is 7.16. The zero-order valence-electron chi connectivity index (χ0n) is 13.2. The van der Waals surface area contributed by atoms with Crippen LogP contribution in [-0.4, -0.2) is 59.6 Å². The van der Waals surface area contributed by atoms with Crippen LogP contribution in [0.5, 0.6) is 0 Å². The van der Waals surface area contributed by atoms with E-state index in [2.05, 4.69) is 30.6 Å². The molecule has 1 saturated carbocycles. The molecule has 1 aliphatic heterocycles. The summed E-state index contributed by atoms with van der Waals surface area (Å²) < 4.78 is 0. The SMILES string of the molecule is CC(C)CN1CCN(C2CC(C)CCC2C(=O)O)CC1. The van der Waals surface area contributed by atoms with Crippen LogP contribution in [0.25, 0.3) is 0 Å². The first kappa shape index (κ1) is 15.8. The normalized spacial score (nSPS) is 33.5. The molecule has 1 aliphatic carbocycles. The van der Waals surface area contributed by atoms with Crippen LogP contribution in [0.1, 0.15) is 40.0 Å². The van der Waals surface area contributed by atoms with E-state index in [9.17, 15) is 9.90 Å². The lowest BCUT2D eigenvalue weighted by Crippen LogP contribution is -2.55. The van der Waals surface area contributed by atoms with E-state index in [4.69, 9.17) is 0 Å². The fourth-order valence-electron chi connectivity index (χ4n) is 3.84. The molecule has 4 heteroatoms. The summed E-state index contributed by atoms with van der Waals surface area (Å²) in [7, 11) is 0. The third-order valence-electron chi connectivity index (χ3n) is 4.90. The Bertz CT molecular complexity index is 324. The molecular formula is C16H30N2O2. The summed E-state index contributed by atoms with van der Waals surface area (Å²) in [6.07, 6.45) is 2.98. The van der Waals surface area contributed by atoms with Gasteiger partial charge in [0.2, 0.25) is 0 Å². The summed E-state index contributed by atoms with van der Waals surface area (Å²) in [5, 5.41) is 9.46. The number of piperazine rings is 1. The molecule has 0 aromatic rings. The molecule has 0 radical (unpaired) electrons. The van der Waals surface area contributed by atoms with Gasteiger partial charge in [0.05, 0.1) is 5.92 Å². The molecule has 0 spiro atoms. The van der Waals surface area contributed by atoms with Gasteiger partial charge in [0.1, 0.15) is 0 Å². The van der Waals surface area contributed by atoms with Gasteiger partial charge in [-0.25, -0.2) is 0 Å². The average Bonchev–Trinajstić information content (AvgIpc) is 2.38. The fourth-order valence-corrected chi connectivity index (χ4v) is 3.84. The number of hydrogen-bond acceptors (Lipinski definition) is 3. The Kier molecular flexibility index (Phi) is 5.44. The Morgan fingerprint density at radius 1 is 1.20 bits per heavy atom. The van der Waals surface area contributed by atoms with Gasteiger partial charge in [-0.1, -0.05) is 20.8 Å². The number of hydrogen-bond donors (Lipinski definition) is 1. The lowest BCUT2D eigenvalue weighted by atomic mass is 9.78. The highest BCUT2D eigenvalue weighted by Gasteiger charge is 2.38. The van der Waals surface area contributed by atoms with Crippen molar-refractivity contribution in [3.05, 3.63) is 0 Å². The van der Waals surface area contributed by atoms with Gasteiger partial charge in [0.15, 0.2) is 0 Å². The van der Waals surface area contributed by atoms with Crippen LogP contribution < -0.4 is 0 Å². The molecule has 0 bridgehead atoms. The maximum Gasteiger partial charge on any atom is 0.308 e. The van der Waals surface area contributed by atoms with Crippen molar-refractivity contribution >= 4 is 5.97 Å². The van der Waals surface area contributed by atoms with Crippen LogP contribution in [0, 0.1) is 17.8 Å². The van der Waals surface area contributed by atoms with Gasteiger partial charge >= 0.3 is 5.97 Å². The molecule has 1 heterocycles. The number of carboxylic acid groups (broad SMARTS) is 1. The van der Waals surface area contributed by atoms with E-state index >= 15 is 0 Å². The molecule has 4 nitrogen and oxygen atoms in total. The van der Waals surface area contributed by atoms with Crippen molar-refractivity contribution in [3.63, 3.8) is 0 Å². The maximum atomic E-state index is 11.5. The minimum atomic E-state index is -0.591. The standard InChI is InChI=1S/C16H30N2O2/c1-12(2)11-17-6-8-18(9-7-17)15-10-13(3)4-5-14(15)16(19)20/h12-15H,4-11H2,1-3H3,(H,19,20). The highest BCUT2D eigenvalue weighted by molar-refractivity contribution is 5.71. The Hall–Kier alpha value is -0.610. The van der Waals surface area contributed by atoms with E-state index in [0.717, 1.165) is 52.0 Å². The number of aliphatic carboxylic acids is 1. The predicted molar refractivity (Wildman–Crippen MR) is 80.8 cm³/mol. The van der Waals surface area contributed by atoms with Gasteiger partial charge in [-0.05, 0) is 31.1 Å². The van der Waals surface area contributed by atoms with Crippen LogP contribution in [-0.2, 0) is 4.79 Å². The first-order valence-electron chi connectivity index (χ1n) is 8.16. The minimum Gasteiger partial charge on any atom is -0.481 e. The van der Waals surface area contributed by atoms with Crippen LogP contribution >= 0.6 is 0 Å². The monoisotopic (exact) mass is 282 g/mol. The van der Waals surface area contributed by atoms with Crippen molar-refractivity contribution in [2.45, 2.75) is 46.1 Å². The van der Waals surface area contributed by atoms with Crippen LogP contribution in [0.15, 0.2) is 0 Å². The second kappa shape index (κ2) is 6.90. The number of nitrogens with zero attached hydrogens (tertiary/aromatic N) is 2. The van der Waals surface area contributed by atoms with E-state index < -0.39 is 5.97 Å². The molecule has 1 saturated heterocycles. The number of rotatable bonds is 4. The molecule has 0 amide bonds. The van der Waals surface area contributed by atoms with Gasteiger partial charge < -0.3 is 10.0 Å². The molecule has 2 rings (SSSR count). The zero-order chi connectivity index (χ0) is 14.7. The smallest absolute Gasteiger partial charge is 0.308 e. The van der Waals surface area contributed by atoms with Gasteiger partial charge in [0, 0.05) is 38.8 Å². The van der Waals surface area contributed by atoms with Crippen molar-refractivity contribution in [3.8, 4) is 0 Å². The molecule has 20 heavy (non-hydrogen) atoms. The molecule has 2 aliphatic rings. The highest BCUT2D eigenvalue weighted by atomic mass is 16.4. The third-order valence-corrected chi connectivity index (χ3v) is 4.90. The second-order valence-electron chi connectivity index (χ2n) is 7.16. The van der Waals surface area contributed by atoms with Crippen LogP contribution in [0.4, 0.5) is 0 Å². The lowest BCUT2D eigenvalue weighted by Gasteiger charge is -2.44. The maximum absolute atomic E-state index is 11.5. The Balaban J connectivity index is 1.91. The quantitative estimate of drug-likeness (QED) is 0.858. The van der Waals surface area contributed by atoms with Crippen LogP contribution in [0.3, 0.4) is 0 Å². The molecular weight excluding hydrogens is 252 g/mol. The number of carboxylic acids is 1. The summed E-state index contributed by atoms with van der Waals surface area (Å²) in [6.45, 7) is 12.2. The van der Waals surface area contributed by atoms with E-state index in [1.165, 1.54) is 0 Å². The molecule has 0 aromatic carbocycles. The molecule has 116 valence electrons. The van der Waals surface area contributed by atoms with Gasteiger partial charge in [-0.3, -0.25) is 9.69 Å². The summed E-state index contributed by atoms with van der Waals surface area (Å²) in [5.41, 5.74) is 0. The summed E-state index contributed by atoms with van der Waals surface area (Å²) >= 11 is 0. The number of carbonyl (C=O) groups is 1. The largest absolute Gasteiger partial charge is 0.481 e. The predicted octanol–water partition coefficient (Wildman–Crippen LogP) is 2.15. The lowest BCUT2D eigenvalue weighted by molar-refractivity contribution is -0.146. The Morgan fingerprint density at radius 2 is 1.85 bits per heavy atom. The fraction of sp³-hybridized carbons (Fsp3) is 0.938. The first-order valence-corrected chi connectivity index (χ1v) is 8.16. The topological polar surface area (TPSA) is 43.8 Å². The van der Waals surface area contributed by atoms with E-state index in [0.29, 0.717) is 11.8 Å². The molecule has 2 fully saturated rings. The van der Waals surface area contributed by atoms with Crippen molar-refractivity contribution in [2.24, 2.45) is 17.8 Å². The average molecular weight is 282 g/mol. The van der Waals surface area contributed by atoms with Gasteiger partial charge in [-0.15, -0.1) is 0 Å². The van der Waals surface area contributed by atoms with Crippen molar-refractivity contribution in [2.75, 3.05) is 32.7 Å². The molecule has 0 aromatic heterocycles. The highest BCUT2D eigenvalue weighted by Crippen LogP contribution is 2.33. The van der Waals surface area contributed by atoms with Crippen molar-refractivity contribution in [1.29, 1.82) is 0 Å². The van der Waals surface area contributed by atoms with E-state index in [1.54, 1.807) is 0 Å². The zero-order valence-corrected chi connectivity index (χ0v) is 13.2. The summed E-state index contributed by atoms with van der Waals surface area (Å²) in [5.74, 6) is 0.640. The first-order chi connectivity index (χ1) is 9.47. The van der Waals surface area contributed by atoms with Crippen molar-refractivity contribution < 1.29 is 9.90 Å². The molecule has 1 N–H and O–H groups in total.